The van der Waals surface area contributed by atoms with Crippen LogP contribution in [0, 0.1) is 0 Å². The van der Waals surface area contributed by atoms with Crippen LogP contribution in [0.15, 0.2) is 24.3 Å². The normalized spacial score (nSPS) is 16.3. The molecule has 0 aromatic heterocycles. The van der Waals surface area contributed by atoms with Crippen molar-refractivity contribution in [3.8, 4) is 0 Å². The van der Waals surface area contributed by atoms with Gasteiger partial charge in [0.05, 0.1) is 5.66 Å². The van der Waals surface area contributed by atoms with Crippen LogP contribution in [0.5, 0.6) is 0 Å². The molecule has 0 heterocycles. The maximum atomic E-state index is 11.9. The second kappa shape index (κ2) is 3.91. The minimum atomic E-state index is -4.17. The van der Waals surface area contributed by atoms with Crippen LogP contribution in [0.25, 0.3) is 0 Å². The Morgan fingerprint density at radius 2 is 2.00 bits per heavy atom. The van der Waals surface area contributed by atoms with Gasteiger partial charge in [-0.1, -0.05) is 24.3 Å². The predicted octanol–water partition coefficient (Wildman–Crippen LogP) is 2.92. The minimum Gasteiger partial charge on any atom is -0.170 e. The standard InChI is InChI=1S/C7H10F3P/c1-3-4-5(2)6(11)7(8,9)10/h3-4,6H,1,11H2,2H3/b5-4+/t6-/m0/s1. The summed E-state index contributed by atoms with van der Waals surface area (Å²) in [5.74, 6) is 0. The lowest BCUT2D eigenvalue weighted by Crippen LogP contribution is -2.23. The smallest absolute Gasteiger partial charge is 0.170 e. The van der Waals surface area contributed by atoms with E-state index in [1.807, 2.05) is 0 Å². The van der Waals surface area contributed by atoms with Crippen LogP contribution >= 0.6 is 9.24 Å². The van der Waals surface area contributed by atoms with Gasteiger partial charge in [0.2, 0.25) is 0 Å². The maximum absolute atomic E-state index is 11.9. The molecule has 0 rings (SSSR count). The van der Waals surface area contributed by atoms with Gasteiger partial charge in [-0.2, -0.15) is 13.2 Å². The molecule has 64 valence electrons. The third-order valence-electron chi connectivity index (χ3n) is 1.22. The van der Waals surface area contributed by atoms with Crippen LogP contribution in [0.2, 0.25) is 0 Å². The molecule has 1 unspecified atom stereocenters. The van der Waals surface area contributed by atoms with Gasteiger partial charge in [0.1, 0.15) is 0 Å². The second-order valence-electron chi connectivity index (χ2n) is 2.17. The molecule has 0 aliphatic rings. The number of hydrogen-bond acceptors (Lipinski definition) is 0. The Morgan fingerprint density at radius 3 is 2.27 bits per heavy atom. The van der Waals surface area contributed by atoms with E-state index >= 15 is 0 Å². The fraction of sp³-hybridized carbons (Fsp3) is 0.429. The molecule has 4 heteroatoms. The Labute approximate surface area is 66.4 Å². The third kappa shape index (κ3) is 3.57. The summed E-state index contributed by atoms with van der Waals surface area (Å²) in [6, 6.07) is 0. The summed E-state index contributed by atoms with van der Waals surface area (Å²) < 4.78 is 35.8. The van der Waals surface area contributed by atoms with Crippen molar-refractivity contribution in [3.05, 3.63) is 24.3 Å². The molecule has 0 fully saturated rings. The lowest BCUT2D eigenvalue weighted by molar-refractivity contribution is -0.122. The highest BCUT2D eigenvalue weighted by Gasteiger charge is 2.36. The molecule has 0 aromatic carbocycles. The van der Waals surface area contributed by atoms with E-state index in [2.05, 4.69) is 6.58 Å². The molecule has 2 atom stereocenters. The molecule has 0 aromatic rings. The summed E-state index contributed by atoms with van der Waals surface area (Å²) in [4.78, 5) is 0. The molecule has 11 heavy (non-hydrogen) atoms. The van der Waals surface area contributed by atoms with E-state index in [-0.39, 0.29) is 5.57 Å². The lowest BCUT2D eigenvalue weighted by atomic mass is 10.2. The van der Waals surface area contributed by atoms with Gasteiger partial charge in [-0.25, -0.2) is 0 Å². The summed E-state index contributed by atoms with van der Waals surface area (Å²) in [7, 11) is 1.75. The van der Waals surface area contributed by atoms with E-state index in [1.54, 1.807) is 9.24 Å². The molecule has 0 aliphatic carbocycles. The molecule has 0 nitrogen and oxygen atoms in total. The van der Waals surface area contributed by atoms with E-state index in [1.165, 1.54) is 19.1 Å². The molecule has 0 aliphatic heterocycles. The molecule has 0 saturated carbocycles. The van der Waals surface area contributed by atoms with Crippen LogP contribution < -0.4 is 0 Å². The highest BCUT2D eigenvalue weighted by Crippen LogP contribution is 2.31. The van der Waals surface area contributed by atoms with Gasteiger partial charge in [-0.15, -0.1) is 9.24 Å². The van der Waals surface area contributed by atoms with Crippen molar-refractivity contribution in [2.24, 2.45) is 0 Å². The Hall–Kier alpha value is -0.300. The average Bonchev–Trinajstić information content (AvgIpc) is 1.85. The maximum Gasteiger partial charge on any atom is 0.398 e. The van der Waals surface area contributed by atoms with Gasteiger partial charge in [0.25, 0.3) is 0 Å². The van der Waals surface area contributed by atoms with E-state index in [0.717, 1.165) is 0 Å². The van der Waals surface area contributed by atoms with Crippen LogP contribution in [0.1, 0.15) is 6.92 Å². The number of halogens is 3. The molecule has 0 N–H and O–H groups in total. The van der Waals surface area contributed by atoms with Crippen molar-refractivity contribution in [1.82, 2.24) is 0 Å². The van der Waals surface area contributed by atoms with E-state index in [9.17, 15) is 13.2 Å². The van der Waals surface area contributed by atoms with Gasteiger partial charge in [0, 0.05) is 0 Å². The fourth-order valence-electron chi connectivity index (χ4n) is 0.548. The minimum absolute atomic E-state index is 0.248. The van der Waals surface area contributed by atoms with Gasteiger partial charge in [-0.05, 0) is 6.92 Å². The first-order valence-electron chi connectivity index (χ1n) is 3.01. The zero-order valence-corrected chi connectivity index (χ0v) is 7.31. The largest absolute Gasteiger partial charge is 0.398 e. The number of hydrogen-bond donors (Lipinski definition) is 0. The number of rotatable bonds is 2. The van der Waals surface area contributed by atoms with Crippen LogP contribution in [0.3, 0.4) is 0 Å². The zero-order valence-electron chi connectivity index (χ0n) is 6.15. The Bertz CT molecular complexity index is 169. The van der Waals surface area contributed by atoms with Crippen molar-refractivity contribution in [2.45, 2.75) is 18.8 Å². The molecule has 0 amide bonds. The highest BCUT2D eigenvalue weighted by atomic mass is 31.0. The van der Waals surface area contributed by atoms with Crippen molar-refractivity contribution >= 4 is 9.24 Å². The van der Waals surface area contributed by atoms with E-state index in [0.29, 0.717) is 0 Å². The van der Waals surface area contributed by atoms with E-state index < -0.39 is 11.8 Å². The topological polar surface area (TPSA) is 0 Å². The summed E-state index contributed by atoms with van der Waals surface area (Å²) in [5, 5.41) is 0. The predicted molar refractivity (Wildman–Crippen MR) is 43.5 cm³/mol. The summed E-state index contributed by atoms with van der Waals surface area (Å²) in [6.07, 6.45) is -1.47. The zero-order chi connectivity index (χ0) is 9.07. The quantitative estimate of drug-likeness (QED) is 0.455. The molecule has 0 bridgehead atoms. The SMILES string of the molecule is C=C/C=C(\C)[C@H](P)C(F)(F)F. The first-order chi connectivity index (χ1) is 4.89. The molecule has 0 spiro atoms. The van der Waals surface area contributed by atoms with Gasteiger partial charge in [-0.3, -0.25) is 0 Å². The van der Waals surface area contributed by atoms with Crippen LogP contribution in [-0.4, -0.2) is 11.8 Å². The van der Waals surface area contributed by atoms with Gasteiger partial charge >= 0.3 is 6.18 Å². The molecular weight excluding hydrogens is 172 g/mol. The van der Waals surface area contributed by atoms with Gasteiger partial charge in [0.15, 0.2) is 0 Å². The van der Waals surface area contributed by atoms with Crippen molar-refractivity contribution < 1.29 is 13.2 Å². The monoisotopic (exact) mass is 182 g/mol. The molecular formula is C7H10F3P. The summed E-state index contributed by atoms with van der Waals surface area (Å²) in [6.45, 7) is 4.74. The van der Waals surface area contributed by atoms with Crippen LogP contribution in [0.4, 0.5) is 13.2 Å². The van der Waals surface area contributed by atoms with Gasteiger partial charge < -0.3 is 0 Å². The molecule has 0 radical (unpaired) electrons. The third-order valence-corrected chi connectivity index (χ3v) is 2.13. The highest BCUT2D eigenvalue weighted by molar-refractivity contribution is 7.18. The summed E-state index contributed by atoms with van der Waals surface area (Å²) >= 11 is 0. The fourth-order valence-corrected chi connectivity index (χ4v) is 0.659. The number of alkyl halides is 3. The van der Waals surface area contributed by atoms with Crippen LogP contribution in [-0.2, 0) is 0 Å². The van der Waals surface area contributed by atoms with E-state index in [4.69, 9.17) is 0 Å². The number of allylic oxidation sites excluding steroid dienone is 3. The average molecular weight is 182 g/mol. The summed E-state index contributed by atoms with van der Waals surface area (Å²) in [5.41, 5.74) is -1.21. The van der Waals surface area contributed by atoms with Crippen molar-refractivity contribution in [2.75, 3.05) is 0 Å². The second-order valence-corrected chi connectivity index (χ2v) is 2.83. The first kappa shape index (κ1) is 10.7. The Morgan fingerprint density at radius 1 is 1.55 bits per heavy atom. The Balaban J connectivity index is 4.36. The molecule has 0 saturated heterocycles. The Kier molecular flexibility index (Phi) is 3.81. The first-order valence-corrected chi connectivity index (χ1v) is 3.67. The van der Waals surface area contributed by atoms with Crippen molar-refractivity contribution in [1.29, 1.82) is 0 Å². The lowest BCUT2D eigenvalue weighted by Gasteiger charge is -2.15. The van der Waals surface area contributed by atoms with Crippen molar-refractivity contribution in [3.63, 3.8) is 0 Å².